The normalized spacial score (nSPS) is 19.1. The van der Waals surface area contributed by atoms with Crippen molar-refractivity contribution in [3.05, 3.63) is 24.0 Å². The van der Waals surface area contributed by atoms with Gasteiger partial charge in [0.15, 0.2) is 6.10 Å². The van der Waals surface area contributed by atoms with Crippen molar-refractivity contribution in [1.29, 1.82) is 0 Å². The molecule has 1 atom stereocenters. The molecule has 0 bridgehead atoms. The molecule has 0 aromatic rings. The monoisotopic (exact) mass is 294 g/mol. The molecule has 3 nitrogen and oxygen atoms in total. The average Bonchev–Trinajstić information content (AvgIpc) is 3.20. The maximum absolute atomic E-state index is 10.4. The Balaban J connectivity index is 1.90. The van der Waals surface area contributed by atoms with Gasteiger partial charge in [-0.15, -0.1) is 0 Å². The minimum atomic E-state index is -0.682. The van der Waals surface area contributed by atoms with Gasteiger partial charge < -0.3 is 9.84 Å². The molecule has 0 unspecified atom stereocenters. The molecule has 1 saturated heterocycles. The van der Waals surface area contributed by atoms with E-state index in [4.69, 9.17) is 9.84 Å². The van der Waals surface area contributed by atoms with Gasteiger partial charge >= 0.3 is 5.97 Å². The van der Waals surface area contributed by atoms with Crippen molar-refractivity contribution in [1.82, 2.24) is 0 Å². The molecule has 1 aliphatic rings. The van der Waals surface area contributed by atoms with E-state index in [1.807, 2.05) is 0 Å². The van der Waals surface area contributed by atoms with Gasteiger partial charge in [-0.1, -0.05) is 51.2 Å². The quantitative estimate of drug-likeness (QED) is 0.374. The van der Waals surface area contributed by atoms with Gasteiger partial charge in [0.1, 0.15) is 5.76 Å². The van der Waals surface area contributed by atoms with E-state index in [2.05, 4.69) is 25.2 Å². The third-order valence-electron chi connectivity index (χ3n) is 3.77. The second-order valence-corrected chi connectivity index (χ2v) is 5.80. The Hall–Kier alpha value is -1.25. The molecule has 1 rings (SSSR count). The van der Waals surface area contributed by atoms with Gasteiger partial charge in [-0.25, -0.2) is 0 Å². The van der Waals surface area contributed by atoms with Crippen molar-refractivity contribution in [3.63, 3.8) is 0 Å². The van der Waals surface area contributed by atoms with Gasteiger partial charge in [0.05, 0.1) is 0 Å². The van der Waals surface area contributed by atoms with Gasteiger partial charge in [-0.3, -0.25) is 4.79 Å². The molecular formula is C18H30O3. The summed E-state index contributed by atoms with van der Waals surface area (Å²) in [4.78, 5) is 10.4. The van der Waals surface area contributed by atoms with E-state index in [-0.39, 0.29) is 0 Å². The lowest BCUT2D eigenvalue weighted by Crippen LogP contribution is -1.93. The van der Waals surface area contributed by atoms with Gasteiger partial charge in [-0.05, 0) is 38.2 Å². The molecule has 120 valence electrons. The van der Waals surface area contributed by atoms with Crippen LogP contribution in [0.3, 0.4) is 0 Å². The summed E-state index contributed by atoms with van der Waals surface area (Å²) in [5.41, 5.74) is 0. The number of allylic oxidation sites excluding steroid dienone is 3. The van der Waals surface area contributed by atoms with Crippen LogP contribution < -0.4 is 0 Å². The number of hydrogen-bond donors (Lipinski definition) is 1. The zero-order valence-corrected chi connectivity index (χ0v) is 13.4. The van der Waals surface area contributed by atoms with Gasteiger partial charge in [0, 0.05) is 6.42 Å². The van der Waals surface area contributed by atoms with Crippen LogP contribution in [-0.4, -0.2) is 17.2 Å². The van der Waals surface area contributed by atoms with Gasteiger partial charge in [-0.2, -0.15) is 0 Å². The largest absolute Gasteiger partial charge is 0.483 e. The fraction of sp³-hybridized carbons (Fsp3) is 0.722. The molecule has 1 heterocycles. The summed E-state index contributed by atoms with van der Waals surface area (Å²) in [6, 6.07) is 0. The first-order valence-electron chi connectivity index (χ1n) is 8.49. The van der Waals surface area contributed by atoms with Crippen molar-refractivity contribution in [2.75, 3.05) is 0 Å². The Labute approximate surface area is 129 Å². The molecule has 3 heteroatoms. The lowest BCUT2D eigenvalue weighted by molar-refractivity contribution is -0.137. The summed E-state index contributed by atoms with van der Waals surface area (Å²) in [5.74, 6) is 0.450. The van der Waals surface area contributed by atoms with E-state index < -0.39 is 5.97 Å². The summed E-state index contributed by atoms with van der Waals surface area (Å²) < 4.78 is 5.54. The number of epoxide rings is 1. The fourth-order valence-corrected chi connectivity index (χ4v) is 2.39. The number of ether oxygens (including phenoxy) is 1. The Morgan fingerprint density at radius 1 is 1.14 bits per heavy atom. The van der Waals surface area contributed by atoms with Gasteiger partial charge in [0.25, 0.3) is 0 Å². The number of rotatable bonds is 13. The van der Waals surface area contributed by atoms with E-state index in [0.29, 0.717) is 12.5 Å². The van der Waals surface area contributed by atoms with E-state index in [9.17, 15) is 4.79 Å². The lowest BCUT2D eigenvalue weighted by Gasteiger charge is -1.98. The predicted molar refractivity (Wildman–Crippen MR) is 86.2 cm³/mol. The highest BCUT2D eigenvalue weighted by Gasteiger charge is 2.30. The first-order chi connectivity index (χ1) is 10.2. The lowest BCUT2D eigenvalue weighted by atomic mass is 10.1. The number of unbranched alkanes of at least 4 members (excludes halogenated alkanes) is 7. The van der Waals surface area contributed by atoms with Crippen LogP contribution in [0.15, 0.2) is 24.0 Å². The summed E-state index contributed by atoms with van der Waals surface area (Å²) in [6.07, 6.45) is 18.6. The summed E-state index contributed by atoms with van der Waals surface area (Å²) >= 11 is 0. The molecule has 1 fully saturated rings. The van der Waals surface area contributed by atoms with E-state index in [1.165, 1.54) is 38.5 Å². The first kappa shape index (κ1) is 17.8. The third-order valence-corrected chi connectivity index (χ3v) is 3.77. The zero-order valence-electron chi connectivity index (χ0n) is 13.4. The first-order valence-corrected chi connectivity index (χ1v) is 8.49. The summed E-state index contributed by atoms with van der Waals surface area (Å²) in [6.45, 7) is 2.22. The molecule has 0 amide bonds. The second kappa shape index (κ2) is 11.4. The SMILES string of the molecule is CCCCC/C=C\C=C1O[C@H]1CCCCCCCC(=O)O. The maximum atomic E-state index is 10.4. The van der Waals surface area contributed by atoms with E-state index in [1.54, 1.807) is 0 Å². The highest BCUT2D eigenvalue weighted by atomic mass is 16.6. The molecule has 0 aliphatic carbocycles. The van der Waals surface area contributed by atoms with Crippen LogP contribution in [0.2, 0.25) is 0 Å². The molecular weight excluding hydrogens is 264 g/mol. The highest BCUT2D eigenvalue weighted by Crippen LogP contribution is 2.31. The van der Waals surface area contributed by atoms with Crippen molar-refractivity contribution >= 4 is 5.97 Å². The van der Waals surface area contributed by atoms with Crippen LogP contribution in [0.5, 0.6) is 0 Å². The summed E-state index contributed by atoms with van der Waals surface area (Å²) in [7, 11) is 0. The highest BCUT2D eigenvalue weighted by molar-refractivity contribution is 5.66. The zero-order chi connectivity index (χ0) is 15.3. The number of carboxylic acids is 1. The third kappa shape index (κ3) is 10.2. The van der Waals surface area contributed by atoms with Crippen molar-refractivity contribution in [3.8, 4) is 0 Å². The van der Waals surface area contributed by atoms with Crippen molar-refractivity contribution in [2.45, 2.75) is 83.7 Å². The molecule has 21 heavy (non-hydrogen) atoms. The minimum Gasteiger partial charge on any atom is -0.483 e. The smallest absolute Gasteiger partial charge is 0.303 e. The van der Waals surface area contributed by atoms with Crippen molar-refractivity contribution in [2.24, 2.45) is 0 Å². The molecule has 0 aromatic carbocycles. The topological polar surface area (TPSA) is 49.8 Å². The Kier molecular flexibility index (Phi) is 9.68. The molecule has 1 aliphatic heterocycles. The number of hydrogen-bond acceptors (Lipinski definition) is 2. The molecule has 0 radical (unpaired) electrons. The van der Waals surface area contributed by atoms with E-state index >= 15 is 0 Å². The van der Waals surface area contributed by atoms with Crippen LogP contribution in [0.25, 0.3) is 0 Å². The van der Waals surface area contributed by atoms with Gasteiger partial charge in [0.2, 0.25) is 0 Å². The summed E-state index contributed by atoms with van der Waals surface area (Å²) in [5, 5.41) is 8.53. The van der Waals surface area contributed by atoms with Crippen LogP contribution in [0.1, 0.15) is 77.6 Å². The van der Waals surface area contributed by atoms with E-state index in [0.717, 1.165) is 31.4 Å². The number of carbonyl (C=O) groups is 1. The second-order valence-electron chi connectivity index (χ2n) is 5.80. The Morgan fingerprint density at radius 2 is 1.90 bits per heavy atom. The van der Waals surface area contributed by atoms with Crippen LogP contribution in [0.4, 0.5) is 0 Å². The van der Waals surface area contributed by atoms with Crippen LogP contribution in [0, 0.1) is 0 Å². The Bertz CT molecular complexity index is 344. The molecule has 0 aromatic heterocycles. The fourth-order valence-electron chi connectivity index (χ4n) is 2.39. The molecule has 0 spiro atoms. The number of carboxylic acid groups (broad SMARTS) is 1. The minimum absolute atomic E-state index is 0.309. The Morgan fingerprint density at radius 3 is 2.67 bits per heavy atom. The maximum Gasteiger partial charge on any atom is 0.303 e. The van der Waals surface area contributed by atoms with Crippen molar-refractivity contribution < 1.29 is 14.6 Å². The standard InChI is InChI=1S/C18H30O3/c1-2-3-4-5-7-10-13-16-17(21-16)14-11-8-6-9-12-15-18(19)20/h7,10,13,17H,2-6,8-9,11-12,14-15H2,1H3,(H,19,20)/b10-7-,16-13?/t17-/m0/s1. The predicted octanol–water partition coefficient (Wildman–Crippen LogP) is 5.22. The number of aliphatic carboxylic acids is 1. The molecule has 1 N–H and O–H groups in total. The van der Waals surface area contributed by atoms with Crippen LogP contribution in [-0.2, 0) is 9.53 Å². The molecule has 0 saturated carbocycles. The van der Waals surface area contributed by atoms with Crippen LogP contribution >= 0.6 is 0 Å². The average molecular weight is 294 g/mol.